The van der Waals surface area contributed by atoms with Crippen LogP contribution in [0.15, 0.2) is 66.9 Å². The summed E-state index contributed by atoms with van der Waals surface area (Å²) >= 11 is 0. The molecular weight excluding hydrogens is 314 g/mol. The van der Waals surface area contributed by atoms with Crippen molar-refractivity contribution in [2.75, 3.05) is 18.5 Å². The summed E-state index contributed by atoms with van der Waals surface area (Å²) in [6, 6.07) is 18.8. The molecule has 0 amide bonds. The molecule has 5 nitrogen and oxygen atoms in total. The predicted octanol–water partition coefficient (Wildman–Crippen LogP) is 3.84. The zero-order chi connectivity index (χ0) is 17.5. The summed E-state index contributed by atoms with van der Waals surface area (Å²) in [4.78, 5) is 20.3. The number of hydrogen-bond acceptors (Lipinski definition) is 5. The molecule has 0 saturated heterocycles. The lowest BCUT2D eigenvalue weighted by Gasteiger charge is -2.09. The van der Waals surface area contributed by atoms with E-state index in [4.69, 9.17) is 4.74 Å². The highest BCUT2D eigenvalue weighted by Crippen LogP contribution is 2.18. The molecule has 126 valence electrons. The average Bonchev–Trinajstić information content (AvgIpc) is 2.66. The molecule has 1 heterocycles. The normalized spacial score (nSPS) is 10.3. The molecule has 0 radical (unpaired) electrons. The molecule has 5 heteroatoms. The van der Waals surface area contributed by atoms with Gasteiger partial charge in [0.25, 0.3) is 0 Å². The van der Waals surface area contributed by atoms with Crippen LogP contribution in [-0.4, -0.2) is 28.9 Å². The van der Waals surface area contributed by atoms with Crippen molar-refractivity contribution in [1.82, 2.24) is 9.97 Å². The van der Waals surface area contributed by atoms with E-state index in [0.29, 0.717) is 24.5 Å². The summed E-state index contributed by atoms with van der Waals surface area (Å²) in [5, 5.41) is 3.22. The second-order valence-corrected chi connectivity index (χ2v) is 5.49. The Labute approximate surface area is 146 Å². The summed E-state index contributed by atoms with van der Waals surface area (Å²) in [5.74, 6) is 2.16. The predicted molar refractivity (Wildman–Crippen MR) is 97.9 cm³/mol. The summed E-state index contributed by atoms with van der Waals surface area (Å²) in [6.45, 7) is 2.70. The number of carbonyl (C=O) groups excluding carboxylic acids is 1. The van der Waals surface area contributed by atoms with Crippen LogP contribution in [0.2, 0.25) is 0 Å². The third kappa shape index (κ3) is 4.64. The van der Waals surface area contributed by atoms with Gasteiger partial charge in [-0.2, -0.15) is 0 Å². The molecule has 1 aromatic heterocycles. The minimum atomic E-state index is 0.0224. The molecule has 1 N–H and O–H groups in total. The number of Topliss-reactive ketones (excluding diaryl/α,β-unsaturated/α-hetero) is 1. The Morgan fingerprint density at radius 1 is 1.08 bits per heavy atom. The van der Waals surface area contributed by atoms with Crippen molar-refractivity contribution in [1.29, 1.82) is 0 Å². The number of carbonyl (C=O) groups is 1. The Bertz CT molecular complexity index is 850. The molecule has 0 fully saturated rings. The molecule has 25 heavy (non-hydrogen) atoms. The van der Waals surface area contributed by atoms with Crippen LogP contribution in [0.25, 0.3) is 11.4 Å². The molecule has 3 rings (SSSR count). The van der Waals surface area contributed by atoms with Gasteiger partial charge in [0.1, 0.15) is 18.2 Å². The number of benzene rings is 2. The Morgan fingerprint density at radius 2 is 1.92 bits per heavy atom. The fourth-order valence-corrected chi connectivity index (χ4v) is 2.34. The van der Waals surface area contributed by atoms with Gasteiger partial charge in [-0.1, -0.05) is 36.4 Å². The van der Waals surface area contributed by atoms with Crippen LogP contribution >= 0.6 is 0 Å². The number of rotatable bonds is 7. The minimum absolute atomic E-state index is 0.0224. The Kier molecular flexibility index (Phi) is 5.36. The van der Waals surface area contributed by atoms with Crippen LogP contribution in [0.3, 0.4) is 0 Å². The van der Waals surface area contributed by atoms with E-state index in [1.165, 1.54) is 0 Å². The summed E-state index contributed by atoms with van der Waals surface area (Å²) in [7, 11) is 0. The lowest BCUT2D eigenvalue weighted by molar-refractivity contribution is 0.101. The average molecular weight is 333 g/mol. The van der Waals surface area contributed by atoms with E-state index in [1.54, 1.807) is 31.3 Å². The second kappa shape index (κ2) is 8.06. The maximum absolute atomic E-state index is 11.5. The van der Waals surface area contributed by atoms with Crippen LogP contribution in [0, 0.1) is 0 Å². The van der Waals surface area contributed by atoms with Gasteiger partial charge in [-0.15, -0.1) is 0 Å². The lowest BCUT2D eigenvalue weighted by Crippen LogP contribution is -2.12. The van der Waals surface area contributed by atoms with Crippen molar-refractivity contribution in [2.24, 2.45) is 0 Å². The van der Waals surface area contributed by atoms with Crippen molar-refractivity contribution in [3.05, 3.63) is 72.4 Å². The van der Waals surface area contributed by atoms with Crippen LogP contribution in [0.4, 0.5) is 5.82 Å². The molecule has 0 aliphatic heterocycles. The van der Waals surface area contributed by atoms with Crippen molar-refractivity contribution in [3.63, 3.8) is 0 Å². The number of nitrogens with one attached hydrogen (secondary N) is 1. The largest absolute Gasteiger partial charge is 0.492 e. The fraction of sp³-hybridized carbons (Fsp3) is 0.150. The first-order chi connectivity index (χ1) is 12.2. The molecule has 2 aromatic carbocycles. The maximum Gasteiger partial charge on any atom is 0.161 e. The van der Waals surface area contributed by atoms with Crippen LogP contribution in [-0.2, 0) is 0 Å². The van der Waals surface area contributed by atoms with Crippen molar-refractivity contribution >= 4 is 11.6 Å². The molecule has 0 spiro atoms. The van der Waals surface area contributed by atoms with Gasteiger partial charge in [0.05, 0.1) is 6.54 Å². The van der Waals surface area contributed by atoms with E-state index >= 15 is 0 Å². The Balaban J connectivity index is 1.61. The molecule has 0 saturated carbocycles. The highest BCUT2D eigenvalue weighted by molar-refractivity contribution is 5.95. The number of anilines is 1. The van der Waals surface area contributed by atoms with E-state index in [1.807, 2.05) is 42.5 Å². The van der Waals surface area contributed by atoms with Crippen molar-refractivity contribution in [2.45, 2.75) is 6.92 Å². The van der Waals surface area contributed by atoms with E-state index in [2.05, 4.69) is 15.3 Å². The number of para-hydroxylation sites is 1. The summed E-state index contributed by atoms with van der Waals surface area (Å²) in [5.41, 5.74) is 1.47. The number of ketones is 1. The maximum atomic E-state index is 11.5. The molecule has 0 bridgehead atoms. The quantitative estimate of drug-likeness (QED) is 0.526. The van der Waals surface area contributed by atoms with Gasteiger partial charge in [0.15, 0.2) is 11.6 Å². The highest BCUT2D eigenvalue weighted by Gasteiger charge is 2.06. The number of ether oxygens (including phenoxy) is 1. The fourth-order valence-electron chi connectivity index (χ4n) is 2.34. The molecule has 0 unspecified atom stereocenters. The molecular formula is C20H19N3O2. The third-order valence-corrected chi connectivity index (χ3v) is 3.60. The van der Waals surface area contributed by atoms with E-state index in [-0.39, 0.29) is 5.78 Å². The number of aromatic nitrogens is 2. The van der Waals surface area contributed by atoms with E-state index in [9.17, 15) is 4.79 Å². The molecule has 0 aliphatic rings. The van der Waals surface area contributed by atoms with Gasteiger partial charge < -0.3 is 10.1 Å². The van der Waals surface area contributed by atoms with Gasteiger partial charge in [-0.25, -0.2) is 9.97 Å². The van der Waals surface area contributed by atoms with Crippen molar-refractivity contribution in [3.8, 4) is 17.1 Å². The van der Waals surface area contributed by atoms with Gasteiger partial charge >= 0.3 is 0 Å². The zero-order valence-electron chi connectivity index (χ0n) is 14.0. The van der Waals surface area contributed by atoms with Gasteiger partial charge in [-0.3, -0.25) is 4.79 Å². The van der Waals surface area contributed by atoms with Crippen LogP contribution in [0.5, 0.6) is 5.75 Å². The zero-order valence-corrected chi connectivity index (χ0v) is 14.0. The first-order valence-corrected chi connectivity index (χ1v) is 8.08. The standard InChI is InChI=1S/C20H19N3O2/c1-15(24)16-6-5-7-17(14-16)20-22-11-10-19(23-20)21-12-13-25-18-8-3-2-4-9-18/h2-11,14H,12-13H2,1H3,(H,21,22,23). The van der Waals surface area contributed by atoms with Crippen LogP contribution in [0.1, 0.15) is 17.3 Å². The summed E-state index contributed by atoms with van der Waals surface area (Å²) < 4.78 is 5.64. The highest BCUT2D eigenvalue weighted by atomic mass is 16.5. The molecule has 0 atom stereocenters. The monoisotopic (exact) mass is 333 g/mol. The first kappa shape index (κ1) is 16.6. The van der Waals surface area contributed by atoms with Gasteiger partial charge in [-0.05, 0) is 31.2 Å². The van der Waals surface area contributed by atoms with Gasteiger partial charge in [0, 0.05) is 17.3 Å². The lowest BCUT2D eigenvalue weighted by atomic mass is 10.1. The van der Waals surface area contributed by atoms with Crippen molar-refractivity contribution < 1.29 is 9.53 Å². The summed E-state index contributed by atoms with van der Waals surface area (Å²) in [6.07, 6.45) is 1.70. The smallest absolute Gasteiger partial charge is 0.161 e. The second-order valence-electron chi connectivity index (χ2n) is 5.49. The Hall–Kier alpha value is -3.21. The third-order valence-electron chi connectivity index (χ3n) is 3.60. The molecule has 0 aliphatic carbocycles. The van der Waals surface area contributed by atoms with E-state index < -0.39 is 0 Å². The van der Waals surface area contributed by atoms with Gasteiger partial charge in [0.2, 0.25) is 0 Å². The number of hydrogen-bond donors (Lipinski definition) is 1. The van der Waals surface area contributed by atoms with E-state index in [0.717, 1.165) is 17.1 Å². The topological polar surface area (TPSA) is 64.1 Å². The number of nitrogens with zero attached hydrogens (tertiary/aromatic N) is 2. The molecule has 3 aromatic rings. The minimum Gasteiger partial charge on any atom is -0.492 e. The van der Waals surface area contributed by atoms with Crippen LogP contribution < -0.4 is 10.1 Å². The Morgan fingerprint density at radius 3 is 2.72 bits per heavy atom. The first-order valence-electron chi connectivity index (χ1n) is 8.08. The SMILES string of the molecule is CC(=O)c1cccc(-c2nccc(NCCOc3ccccc3)n2)c1.